The van der Waals surface area contributed by atoms with Gasteiger partial charge in [0.05, 0.1) is 5.92 Å². The SMILES string of the molecule is CC(C)CNC(=O)NC(=O)COC(=O)C1CCN(C(=O)/C=C/c2ccccc2)CC1. The largest absolute Gasteiger partial charge is 0.455 e. The van der Waals surface area contributed by atoms with E-state index in [1.807, 2.05) is 44.2 Å². The number of nitrogens with one attached hydrogen (secondary N) is 2. The lowest BCUT2D eigenvalue weighted by molar-refractivity contribution is -0.154. The summed E-state index contributed by atoms with van der Waals surface area (Å²) in [5.41, 5.74) is 0.945. The third-order valence-electron chi connectivity index (χ3n) is 4.63. The van der Waals surface area contributed by atoms with Crippen LogP contribution in [0.2, 0.25) is 0 Å². The zero-order valence-electron chi connectivity index (χ0n) is 17.4. The molecule has 8 heteroatoms. The molecule has 1 saturated heterocycles. The molecule has 1 fully saturated rings. The number of hydrogen-bond acceptors (Lipinski definition) is 5. The van der Waals surface area contributed by atoms with Gasteiger partial charge in [-0.3, -0.25) is 19.7 Å². The Morgan fingerprint density at radius 3 is 2.43 bits per heavy atom. The van der Waals surface area contributed by atoms with E-state index in [1.165, 1.54) is 6.08 Å². The average Bonchev–Trinajstić information content (AvgIpc) is 2.75. The molecule has 0 bridgehead atoms. The second kappa shape index (κ2) is 11.7. The van der Waals surface area contributed by atoms with E-state index in [-0.39, 0.29) is 17.7 Å². The summed E-state index contributed by atoms with van der Waals surface area (Å²) in [6.45, 7) is 4.69. The Labute approximate surface area is 176 Å². The van der Waals surface area contributed by atoms with Crippen LogP contribution < -0.4 is 10.6 Å². The predicted molar refractivity (Wildman–Crippen MR) is 112 cm³/mol. The number of ether oxygens (including phenoxy) is 1. The monoisotopic (exact) mass is 415 g/mol. The van der Waals surface area contributed by atoms with E-state index in [0.29, 0.717) is 32.5 Å². The maximum atomic E-state index is 12.3. The maximum Gasteiger partial charge on any atom is 0.321 e. The Kier molecular flexibility index (Phi) is 9.05. The molecule has 0 unspecified atom stereocenters. The molecule has 0 aliphatic carbocycles. The Bertz CT molecular complexity index is 768. The van der Waals surface area contributed by atoms with Crippen LogP contribution in [-0.4, -0.2) is 55.0 Å². The second-order valence-corrected chi connectivity index (χ2v) is 7.60. The first-order valence-electron chi connectivity index (χ1n) is 10.1. The van der Waals surface area contributed by atoms with E-state index < -0.39 is 24.5 Å². The number of amides is 4. The molecule has 0 spiro atoms. The summed E-state index contributed by atoms with van der Waals surface area (Å²) in [6, 6.07) is 8.93. The third-order valence-corrected chi connectivity index (χ3v) is 4.63. The van der Waals surface area contributed by atoms with E-state index in [0.717, 1.165) is 5.56 Å². The van der Waals surface area contributed by atoms with Crippen LogP contribution in [0.4, 0.5) is 4.79 Å². The van der Waals surface area contributed by atoms with E-state index in [1.54, 1.807) is 11.0 Å². The van der Waals surface area contributed by atoms with Gasteiger partial charge in [-0.2, -0.15) is 0 Å². The number of imide groups is 1. The van der Waals surface area contributed by atoms with Gasteiger partial charge in [-0.1, -0.05) is 44.2 Å². The average molecular weight is 415 g/mol. The molecule has 30 heavy (non-hydrogen) atoms. The van der Waals surface area contributed by atoms with Crippen LogP contribution in [0, 0.1) is 11.8 Å². The first-order chi connectivity index (χ1) is 14.3. The summed E-state index contributed by atoms with van der Waals surface area (Å²) in [5.74, 6) is -1.37. The number of nitrogens with zero attached hydrogens (tertiary/aromatic N) is 1. The molecule has 4 amide bonds. The predicted octanol–water partition coefficient (Wildman–Crippen LogP) is 1.96. The Hall–Kier alpha value is -3.16. The van der Waals surface area contributed by atoms with Crippen molar-refractivity contribution in [2.45, 2.75) is 26.7 Å². The van der Waals surface area contributed by atoms with Gasteiger partial charge in [0.15, 0.2) is 6.61 Å². The quantitative estimate of drug-likeness (QED) is 0.523. The van der Waals surface area contributed by atoms with Crippen molar-refractivity contribution in [1.29, 1.82) is 0 Å². The highest BCUT2D eigenvalue weighted by Gasteiger charge is 2.28. The number of carbonyl (C=O) groups is 4. The Balaban J connectivity index is 1.68. The summed E-state index contributed by atoms with van der Waals surface area (Å²) in [5, 5.41) is 4.66. The first kappa shape index (κ1) is 23.1. The molecule has 2 rings (SSSR count). The molecule has 0 radical (unpaired) electrons. The van der Waals surface area contributed by atoms with Crippen LogP contribution in [0.3, 0.4) is 0 Å². The van der Waals surface area contributed by atoms with Crippen molar-refractivity contribution >= 4 is 29.9 Å². The van der Waals surface area contributed by atoms with Crippen molar-refractivity contribution in [3.8, 4) is 0 Å². The molecule has 1 aromatic rings. The Morgan fingerprint density at radius 1 is 1.13 bits per heavy atom. The number of likely N-dealkylation sites (tertiary alicyclic amines) is 1. The number of rotatable bonds is 7. The summed E-state index contributed by atoms with van der Waals surface area (Å²) in [4.78, 5) is 49.4. The van der Waals surface area contributed by atoms with Crippen molar-refractivity contribution in [3.63, 3.8) is 0 Å². The number of hydrogen-bond donors (Lipinski definition) is 2. The van der Waals surface area contributed by atoms with Gasteiger partial charge in [0.25, 0.3) is 5.91 Å². The van der Waals surface area contributed by atoms with Gasteiger partial charge >= 0.3 is 12.0 Å². The molecule has 0 saturated carbocycles. The lowest BCUT2D eigenvalue weighted by Crippen LogP contribution is -2.43. The van der Waals surface area contributed by atoms with Crippen molar-refractivity contribution in [2.75, 3.05) is 26.2 Å². The third kappa shape index (κ3) is 8.06. The van der Waals surface area contributed by atoms with E-state index in [4.69, 9.17) is 4.74 Å². The van der Waals surface area contributed by atoms with E-state index in [9.17, 15) is 19.2 Å². The lowest BCUT2D eigenvalue weighted by Gasteiger charge is -2.30. The van der Waals surface area contributed by atoms with Gasteiger partial charge in [0.2, 0.25) is 5.91 Å². The van der Waals surface area contributed by atoms with E-state index >= 15 is 0 Å². The van der Waals surface area contributed by atoms with Gasteiger partial charge in [0.1, 0.15) is 0 Å². The van der Waals surface area contributed by atoms with Crippen LogP contribution in [-0.2, 0) is 19.1 Å². The Morgan fingerprint density at radius 2 is 1.80 bits per heavy atom. The summed E-state index contributed by atoms with van der Waals surface area (Å²) in [6.07, 6.45) is 4.24. The molecule has 1 heterocycles. The van der Waals surface area contributed by atoms with Crippen LogP contribution in [0.25, 0.3) is 6.08 Å². The number of carbonyl (C=O) groups excluding carboxylic acids is 4. The molecule has 0 aromatic heterocycles. The zero-order chi connectivity index (χ0) is 21.9. The zero-order valence-corrected chi connectivity index (χ0v) is 17.4. The fraction of sp³-hybridized carbons (Fsp3) is 0.455. The molecule has 8 nitrogen and oxygen atoms in total. The minimum atomic E-state index is -0.678. The molecular weight excluding hydrogens is 386 g/mol. The van der Waals surface area contributed by atoms with Gasteiger partial charge in [-0.15, -0.1) is 0 Å². The van der Waals surface area contributed by atoms with Crippen molar-refractivity contribution in [3.05, 3.63) is 42.0 Å². The minimum absolute atomic E-state index is 0.0996. The summed E-state index contributed by atoms with van der Waals surface area (Å²) in [7, 11) is 0. The molecule has 0 atom stereocenters. The minimum Gasteiger partial charge on any atom is -0.455 e. The fourth-order valence-electron chi connectivity index (χ4n) is 2.93. The number of benzene rings is 1. The molecule has 162 valence electrons. The standard InChI is InChI=1S/C22H29N3O5/c1-16(2)14-23-22(29)24-19(26)15-30-21(28)18-10-12-25(13-11-18)20(27)9-8-17-6-4-3-5-7-17/h3-9,16,18H,10-15H2,1-2H3,(H2,23,24,26,29)/b9-8+. The van der Waals surface area contributed by atoms with Crippen molar-refractivity contribution < 1.29 is 23.9 Å². The van der Waals surface area contributed by atoms with E-state index in [2.05, 4.69) is 10.6 Å². The smallest absolute Gasteiger partial charge is 0.321 e. The lowest BCUT2D eigenvalue weighted by atomic mass is 9.97. The number of esters is 1. The normalized spacial score (nSPS) is 14.6. The second-order valence-electron chi connectivity index (χ2n) is 7.60. The highest BCUT2D eigenvalue weighted by atomic mass is 16.5. The van der Waals surface area contributed by atoms with Gasteiger partial charge in [-0.25, -0.2) is 4.79 Å². The molecule has 2 N–H and O–H groups in total. The van der Waals surface area contributed by atoms with Crippen LogP contribution >= 0.6 is 0 Å². The number of urea groups is 1. The van der Waals surface area contributed by atoms with Crippen LogP contribution in [0.1, 0.15) is 32.3 Å². The van der Waals surface area contributed by atoms with Gasteiger partial charge in [-0.05, 0) is 30.4 Å². The topological polar surface area (TPSA) is 105 Å². The van der Waals surface area contributed by atoms with Gasteiger partial charge < -0.3 is 15.0 Å². The highest BCUT2D eigenvalue weighted by molar-refractivity contribution is 5.95. The van der Waals surface area contributed by atoms with Gasteiger partial charge in [0, 0.05) is 25.7 Å². The van der Waals surface area contributed by atoms with Crippen LogP contribution in [0.15, 0.2) is 36.4 Å². The van der Waals surface area contributed by atoms with Crippen molar-refractivity contribution in [2.24, 2.45) is 11.8 Å². The van der Waals surface area contributed by atoms with Crippen LogP contribution in [0.5, 0.6) is 0 Å². The van der Waals surface area contributed by atoms with Crippen molar-refractivity contribution in [1.82, 2.24) is 15.5 Å². The first-order valence-corrected chi connectivity index (χ1v) is 10.1. The summed E-state index contributed by atoms with van der Waals surface area (Å²) < 4.78 is 5.02. The molecule has 1 aromatic carbocycles. The fourth-order valence-corrected chi connectivity index (χ4v) is 2.93. The number of piperidine rings is 1. The highest BCUT2D eigenvalue weighted by Crippen LogP contribution is 2.19. The molecule has 1 aliphatic heterocycles. The molecule has 1 aliphatic rings. The maximum absolute atomic E-state index is 12.3. The summed E-state index contributed by atoms with van der Waals surface area (Å²) >= 11 is 0. The molecular formula is C22H29N3O5.